The molecular formula is C25H22BrFN2O2. The van der Waals surface area contributed by atoms with Crippen LogP contribution in [0.4, 0.5) is 10.1 Å². The zero-order chi connectivity index (χ0) is 21.8. The second-order valence-corrected chi connectivity index (χ2v) is 9.23. The van der Waals surface area contributed by atoms with Gasteiger partial charge in [0.05, 0.1) is 12.2 Å². The summed E-state index contributed by atoms with van der Waals surface area (Å²) in [4.78, 5) is 15.3. The minimum Gasteiger partial charge on any atom is -0.385 e. The molecular weight excluding hydrogens is 459 g/mol. The Morgan fingerprint density at radius 3 is 2.58 bits per heavy atom. The number of hydrogen-bond acceptors (Lipinski definition) is 3. The van der Waals surface area contributed by atoms with Crippen LogP contribution in [0.3, 0.4) is 0 Å². The van der Waals surface area contributed by atoms with Crippen LogP contribution in [0.1, 0.15) is 34.8 Å². The fourth-order valence-electron chi connectivity index (χ4n) is 4.96. The maximum atomic E-state index is 16.8. The van der Waals surface area contributed by atoms with Crippen LogP contribution in [0.15, 0.2) is 77.3 Å². The fraction of sp³-hybridized carbons (Fsp3) is 0.240. The largest absolute Gasteiger partial charge is 0.385 e. The highest BCUT2D eigenvalue weighted by Gasteiger charge is 2.66. The SMILES string of the molecule is N[C@]1([C@@]2(F)CCc3ccccc3C2O)C(=O)N(Cc2ccccc2)c2cc(Br)ccc21. The lowest BCUT2D eigenvalue weighted by atomic mass is 9.66. The zero-order valence-corrected chi connectivity index (χ0v) is 18.3. The highest BCUT2D eigenvalue weighted by Crippen LogP contribution is 2.55. The van der Waals surface area contributed by atoms with Gasteiger partial charge in [0.2, 0.25) is 0 Å². The summed E-state index contributed by atoms with van der Waals surface area (Å²) >= 11 is 3.46. The third-order valence-corrected chi connectivity index (χ3v) is 7.13. The van der Waals surface area contributed by atoms with Gasteiger partial charge < -0.3 is 15.7 Å². The van der Waals surface area contributed by atoms with Gasteiger partial charge in [0.1, 0.15) is 6.10 Å². The second kappa shape index (κ2) is 7.26. The number of benzene rings is 3. The summed E-state index contributed by atoms with van der Waals surface area (Å²) in [6.07, 6.45) is -1.14. The third kappa shape index (κ3) is 2.89. The Bertz CT molecular complexity index is 1170. The molecule has 1 unspecified atom stereocenters. The van der Waals surface area contributed by atoms with E-state index in [1.807, 2.05) is 42.5 Å². The highest BCUT2D eigenvalue weighted by molar-refractivity contribution is 9.10. The molecule has 0 aromatic heterocycles. The zero-order valence-electron chi connectivity index (χ0n) is 16.8. The molecule has 0 saturated carbocycles. The first-order valence-corrected chi connectivity index (χ1v) is 11.0. The van der Waals surface area contributed by atoms with E-state index in [1.54, 1.807) is 30.3 Å². The van der Waals surface area contributed by atoms with Gasteiger partial charge in [-0.15, -0.1) is 0 Å². The number of carbonyl (C=O) groups excluding carboxylic acids is 1. The molecule has 0 radical (unpaired) electrons. The van der Waals surface area contributed by atoms with Crippen LogP contribution in [0.2, 0.25) is 0 Å². The van der Waals surface area contributed by atoms with Gasteiger partial charge in [-0.2, -0.15) is 0 Å². The van der Waals surface area contributed by atoms with Gasteiger partial charge >= 0.3 is 0 Å². The normalized spacial score (nSPS) is 27.2. The van der Waals surface area contributed by atoms with E-state index in [-0.39, 0.29) is 13.0 Å². The highest BCUT2D eigenvalue weighted by atomic mass is 79.9. The minimum absolute atomic E-state index is 0.0396. The number of aliphatic hydroxyl groups is 1. The molecule has 1 amide bonds. The van der Waals surface area contributed by atoms with E-state index in [9.17, 15) is 9.90 Å². The summed E-state index contributed by atoms with van der Waals surface area (Å²) in [5.74, 6) is -0.537. The predicted octanol–water partition coefficient (Wildman–Crippen LogP) is 4.54. The van der Waals surface area contributed by atoms with Gasteiger partial charge in [-0.1, -0.05) is 76.6 Å². The minimum atomic E-state index is -2.34. The van der Waals surface area contributed by atoms with Crippen molar-refractivity contribution >= 4 is 27.5 Å². The number of fused-ring (bicyclic) bond motifs is 2. The van der Waals surface area contributed by atoms with Gasteiger partial charge in [0.25, 0.3) is 5.91 Å². The van der Waals surface area contributed by atoms with Crippen molar-refractivity contribution in [2.24, 2.45) is 5.73 Å². The topological polar surface area (TPSA) is 66.6 Å². The van der Waals surface area contributed by atoms with E-state index < -0.39 is 23.2 Å². The molecule has 4 nitrogen and oxygen atoms in total. The van der Waals surface area contributed by atoms with Crippen molar-refractivity contribution < 1.29 is 14.3 Å². The van der Waals surface area contributed by atoms with Gasteiger partial charge in [-0.05, 0) is 41.7 Å². The van der Waals surface area contributed by atoms with Crippen molar-refractivity contribution in [1.82, 2.24) is 0 Å². The van der Waals surface area contributed by atoms with E-state index in [0.29, 0.717) is 23.2 Å². The fourth-order valence-corrected chi connectivity index (χ4v) is 5.31. The van der Waals surface area contributed by atoms with Crippen molar-refractivity contribution in [2.45, 2.75) is 36.7 Å². The lowest BCUT2D eigenvalue weighted by molar-refractivity contribution is -0.139. The molecule has 31 heavy (non-hydrogen) atoms. The van der Waals surface area contributed by atoms with Crippen LogP contribution in [-0.2, 0) is 23.3 Å². The van der Waals surface area contributed by atoms with Crippen molar-refractivity contribution in [3.63, 3.8) is 0 Å². The first-order chi connectivity index (χ1) is 14.9. The smallest absolute Gasteiger partial charge is 0.255 e. The lowest BCUT2D eigenvalue weighted by Crippen LogP contribution is -2.64. The van der Waals surface area contributed by atoms with Crippen molar-refractivity contribution in [3.8, 4) is 0 Å². The molecule has 6 heteroatoms. The number of nitrogens with two attached hydrogens (primary N) is 1. The molecule has 1 aliphatic carbocycles. The Balaban J connectivity index is 1.64. The molecule has 3 aromatic rings. The number of amides is 1. The van der Waals surface area contributed by atoms with Gasteiger partial charge in [-0.3, -0.25) is 4.79 Å². The van der Waals surface area contributed by atoms with E-state index in [2.05, 4.69) is 15.9 Å². The van der Waals surface area contributed by atoms with E-state index in [1.165, 1.54) is 4.90 Å². The van der Waals surface area contributed by atoms with Gasteiger partial charge in [0.15, 0.2) is 11.2 Å². The molecule has 0 fully saturated rings. The Morgan fingerprint density at radius 2 is 1.81 bits per heavy atom. The van der Waals surface area contributed by atoms with Crippen LogP contribution >= 0.6 is 15.9 Å². The molecule has 3 aromatic carbocycles. The number of anilines is 1. The monoisotopic (exact) mass is 480 g/mol. The van der Waals surface area contributed by atoms with Crippen LogP contribution in [0.5, 0.6) is 0 Å². The van der Waals surface area contributed by atoms with Crippen molar-refractivity contribution in [1.29, 1.82) is 0 Å². The number of carbonyl (C=O) groups is 1. The number of aliphatic hydroxyl groups excluding tert-OH is 1. The van der Waals surface area contributed by atoms with E-state index >= 15 is 4.39 Å². The summed E-state index contributed by atoms with van der Waals surface area (Å²) in [6, 6.07) is 22.0. The summed E-state index contributed by atoms with van der Waals surface area (Å²) < 4.78 is 17.6. The van der Waals surface area contributed by atoms with Crippen molar-refractivity contribution in [3.05, 3.63) is 99.5 Å². The van der Waals surface area contributed by atoms with E-state index in [4.69, 9.17) is 5.73 Å². The number of halogens is 2. The van der Waals surface area contributed by atoms with Crippen LogP contribution in [-0.4, -0.2) is 16.7 Å². The molecule has 5 rings (SSSR count). The molecule has 0 saturated heterocycles. The molecule has 1 heterocycles. The molecule has 1 aliphatic heterocycles. The van der Waals surface area contributed by atoms with Gasteiger partial charge in [-0.25, -0.2) is 4.39 Å². The number of rotatable bonds is 3. The Labute approximate surface area is 188 Å². The van der Waals surface area contributed by atoms with Crippen LogP contribution in [0, 0.1) is 0 Å². The molecule has 3 atom stereocenters. The first-order valence-electron chi connectivity index (χ1n) is 10.3. The predicted molar refractivity (Wildman–Crippen MR) is 121 cm³/mol. The number of alkyl halides is 1. The Morgan fingerprint density at radius 1 is 1.10 bits per heavy atom. The molecule has 0 spiro atoms. The standard InChI is InChI=1S/C25H22BrFN2O2/c26-18-10-11-20-21(14-18)29(15-16-6-2-1-3-7-16)23(31)25(20,28)24(27)13-12-17-8-4-5-9-19(17)22(24)30/h1-11,14,22,30H,12-13,15,28H2/t22?,24-,25+/m1/s1. The Hall–Kier alpha value is -2.54. The quantitative estimate of drug-likeness (QED) is 0.578. The summed E-state index contributed by atoms with van der Waals surface area (Å²) in [6.45, 7) is 0.269. The summed E-state index contributed by atoms with van der Waals surface area (Å²) in [7, 11) is 0. The number of hydrogen-bond donors (Lipinski definition) is 2. The van der Waals surface area contributed by atoms with Crippen molar-refractivity contribution in [2.75, 3.05) is 4.90 Å². The molecule has 158 valence electrons. The molecule has 3 N–H and O–H groups in total. The average Bonchev–Trinajstić information content (AvgIpc) is 2.99. The van der Waals surface area contributed by atoms with E-state index in [0.717, 1.165) is 15.6 Å². The first kappa shape index (κ1) is 20.4. The Kier molecular flexibility index (Phi) is 4.77. The summed E-state index contributed by atoms with van der Waals surface area (Å²) in [5, 5.41) is 11.1. The van der Waals surface area contributed by atoms with Crippen LogP contribution < -0.4 is 10.6 Å². The van der Waals surface area contributed by atoms with Crippen LogP contribution in [0.25, 0.3) is 0 Å². The third-order valence-electron chi connectivity index (χ3n) is 6.64. The van der Waals surface area contributed by atoms with Gasteiger partial charge in [0, 0.05) is 10.0 Å². The molecule has 2 aliphatic rings. The second-order valence-electron chi connectivity index (χ2n) is 8.31. The number of nitrogens with zero attached hydrogens (tertiary/aromatic N) is 1. The number of aryl methyl sites for hydroxylation is 1. The average molecular weight is 481 g/mol. The lowest BCUT2D eigenvalue weighted by Gasteiger charge is -2.45. The molecule has 0 bridgehead atoms. The summed E-state index contributed by atoms with van der Waals surface area (Å²) in [5.41, 5.74) is 5.64. The maximum absolute atomic E-state index is 16.8. The maximum Gasteiger partial charge on any atom is 0.255 e.